The third-order valence-corrected chi connectivity index (χ3v) is 3.91. The van der Waals surface area contributed by atoms with E-state index in [1.165, 1.54) is 5.56 Å². The SMILES string of the molecule is COc1ccc(C(C)C(C)C)cc1-c1cccc(O)c1. The first kappa shape index (κ1) is 14.4. The summed E-state index contributed by atoms with van der Waals surface area (Å²) in [4.78, 5) is 0. The number of ether oxygens (including phenoxy) is 1. The first-order valence-electron chi connectivity index (χ1n) is 7.00. The lowest BCUT2D eigenvalue weighted by Gasteiger charge is -2.18. The van der Waals surface area contributed by atoms with Crippen molar-refractivity contribution < 1.29 is 9.84 Å². The lowest BCUT2D eigenvalue weighted by molar-refractivity contribution is 0.416. The molecule has 0 heterocycles. The van der Waals surface area contributed by atoms with Crippen molar-refractivity contribution in [2.45, 2.75) is 26.7 Å². The molecule has 0 aliphatic rings. The molecule has 2 aromatic rings. The summed E-state index contributed by atoms with van der Waals surface area (Å²) in [5, 5.41) is 9.66. The molecule has 20 heavy (non-hydrogen) atoms. The number of rotatable bonds is 4. The number of hydrogen-bond acceptors (Lipinski definition) is 2. The topological polar surface area (TPSA) is 29.5 Å². The number of methoxy groups -OCH3 is 1. The van der Waals surface area contributed by atoms with Crippen LogP contribution < -0.4 is 4.74 Å². The van der Waals surface area contributed by atoms with Crippen LogP contribution in [0.2, 0.25) is 0 Å². The maximum absolute atomic E-state index is 9.66. The molecule has 2 rings (SSSR count). The molecule has 2 nitrogen and oxygen atoms in total. The van der Waals surface area contributed by atoms with Gasteiger partial charge < -0.3 is 9.84 Å². The van der Waals surface area contributed by atoms with Gasteiger partial charge in [0.25, 0.3) is 0 Å². The third-order valence-electron chi connectivity index (χ3n) is 3.91. The average molecular weight is 270 g/mol. The van der Waals surface area contributed by atoms with E-state index in [-0.39, 0.29) is 5.75 Å². The van der Waals surface area contributed by atoms with Gasteiger partial charge in [-0.25, -0.2) is 0 Å². The van der Waals surface area contributed by atoms with Gasteiger partial charge in [-0.2, -0.15) is 0 Å². The van der Waals surface area contributed by atoms with Crippen molar-refractivity contribution in [2.75, 3.05) is 7.11 Å². The minimum Gasteiger partial charge on any atom is -0.508 e. The molecule has 0 aromatic heterocycles. The highest BCUT2D eigenvalue weighted by atomic mass is 16.5. The van der Waals surface area contributed by atoms with E-state index in [1.807, 2.05) is 18.2 Å². The molecule has 0 aliphatic carbocycles. The fraction of sp³-hybridized carbons (Fsp3) is 0.333. The largest absolute Gasteiger partial charge is 0.508 e. The van der Waals surface area contributed by atoms with Gasteiger partial charge in [0.15, 0.2) is 0 Å². The molecule has 0 aliphatic heterocycles. The van der Waals surface area contributed by atoms with Crippen LogP contribution in [0.5, 0.6) is 11.5 Å². The monoisotopic (exact) mass is 270 g/mol. The van der Waals surface area contributed by atoms with E-state index in [2.05, 4.69) is 32.9 Å². The van der Waals surface area contributed by atoms with Crippen LogP contribution >= 0.6 is 0 Å². The minimum absolute atomic E-state index is 0.270. The summed E-state index contributed by atoms with van der Waals surface area (Å²) in [6.45, 7) is 6.69. The summed E-state index contributed by atoms with van der Waals surface area (Å²) >= 11 is 0. The van der Waals surface area contributed by atoms with Crippen molar-refractivity contribution in [1.82, 2.24) is 0 Å². The van der Waals surface area contributed by atoms with Crippen molar-refractivity contribution in [3.05, 3.63) is 48.0 Å². The van der Waals surface area contributed by atoms with Gasteiger partial charge in [-0.15, -0.1) is 0 Å². The molecular formula is C18H22O2. The Hall–Kier alpha value is -1.96. The van der Waals surface area contributed by atoms with E-state index in [0.29, 0.717) is 11.8 Å². The lowest BCUT2D eigenvalue weighted by Crippen LogP contribution is -2.02. The highest BCUT2D eigenvalue weighted by Crippen LogP contribution is 2.35. The van der Waals surface area contributed by atoms with Crippen molar-refractivity contribution in [2.24, 2.45) is 5.92 Å². The van der Waals surface area contributed by atoms with Gasteiger partial charge in [0, 0.05) is 5.56 Å². The van der Waals surface area contributed by atoms with Gasteiger partial charge in [-0.05, 0) is 47.2 Å². The smallest absolute Gasteiger partial charge is 0.126 e. The van der Waals surface area contributed by atoms with E-state index in [9.17, 15) is 5.11 Å². The Kier molecular flexibility index (Phi) is 4.33. The van der Waals surface area contributed by atoms with Gasteiger partial charge in [0.2, 0.25) is 0 Å². The van der Waals surface area contributed by atoms with Crippen LogP contribution in [-0.4, -0.2) is 12.2 Å². The van der Waals surface area contributed by atoms with Crippen molar-refractivity contribution in [3.8, 4) is 22.6 Å². The summed E-state index contributed by atoms with van der Waals surface area (Å²) in [6, 6.07) is 13.6. The number of aromatic hydroxyl groups is 1. The van der Waals surface area contributed by atoms with Crippen LogP contribution in [0.25, 0.3) is 11.1 Å². The van der Waals surface area contributed by atoms with E-state index >= 15 is 0 Å². The maximum Gasteiger partial charge on any atom is 0.126 e. The zero-order valence-electron chi connectivity index (χ0n) is 12.6. The molecule has 1 unspecified atom stereocenters. The molecule has 0 spiro atoms. The average Bonchev–Trinajstić information content (AvgIpc) is 2.45. The Morgan fingerprint density at radius 3 is 2.35 bits per heavy atom. The quantitative estimate of drug-likeness (QED) is 0.862. The molecule has 1 atom stereocenters. The molecule has 0 saturated carbocycles. The molecule has 0 bridgehead atoms. The summed E-state index contributed by atoms with van der Waals surface area (Å²) in [6.07, 6.45) is 0. The molecule has 1 N–H and O–H groups in total. The second-order valence-corrected chi connectivity index (χ2v) is 5.54. The Balaban J connectivity index is 2.52. The second-order valence-electron chi connectivity index (χ2n) is 5.54. The van der Waals surface area contributed by atoms with Crippen molar-refractivity contribution >= 4 is 0 Å². The number of phenols is 1. The predicted octanol–water partition coefficient (Wildman–Crippen LogP) is 4.83. The summed E-state index contributed by atoms with van der Waals surface area (Å²) in [5.74, 6) is 2.17. The van der Waals surface area contributed by atoms with Gasteiger partial charge in [-0.1, -0.05) is 39.0 Å². The van der Waals surface area contributed by atoms with Crippen molar-refractivity contribution in [1.29, 1.82) is 0 Å². The Morgan fingerprint density at radius 2 is 1.75 bits per heavy atom. The van der Waals surface area contributed by atoms with E-state index < -0.39 is 0 Å². The van der Waals surface area contributed by atoms with Crippen molar-refractivity contribution in [3.63, 3.8) is 0 Å². The van der Waals surface area contributed by atoms with Crippen LogP contribution in [0, 0.1) is 5.92 Å². The minimum atomic E-state index is 0.270. The molecule has 2 heteroatoms. The molecule has 0 amide bonds. The summed E-state index contributed by atoms with van der Waals surface area (Å²) in [5.41, 5.74) is 3.28. The number of benzene rings is 2. The first-order chi connectivity index (χ1) is 9.52. The highest BCUT2D eigenvalue weighted by molar-refractivity contribution is 5.72. The van der Waals surface area contributed by atoms with Crippen LogP contribution in [0.1, 0.15) is 32.3 Å². The van der Waals surface area contributed by atoms with E-state index in [4.69, 9.17) is 4.74 Å². The van der Waals surface area contributed by atoms with E-state index in [1.54, 1.807) is 19.2 Å². The fourth-order valence-electron chi connectivity index (χ4n) is 2.29. The summed E-state index contributed by atoms with van der Waals surface area (Å²) < 4.78 is 5.45. The van der Waals surface area contributed by atoms with Crippen LogP contribution in [0.3, 0.4) is 0 Å². The predicted molar refractivity (Wildman–Crippen MR) is 83.3 cm³/mol. The molecular weight excluding hydrogens is 248 g/mol. The summed E-state index contributed by atoms with van der Waals surface area (Å²) in [7, 11) is 1.67. The molecule has 0 saturated heterocycles. The second kappa shape index (κ2) is 6.00. The molecule has 0 radical (unpaired) electrons. The molecule has 2 aromatic carbocycles. The Morgan fingerprint density at radius 1 is 1.00 bits per heavy atom. The zero-order valence-corrected chi connectivity index (χ0v) is 12.6. The number of phenolic OH excluding ortho intramolecular Hbond substituents is 1. The fourth-order valence-corrected chi connectivity index (χ4v) is 2.29. The Bertz CT molecular complexity index is 588. The maximum atomic E-state index is 9.66. The van der Waals surface area contributed by atoms with Gasteiger partial charge in [-0.3, -0.25) is 0 Å². The van der Waals surface area contributed by atoms with Gasteiger partial charge >= 0.3 is 0 Å². The van der Waals surface area contributed by atoms with Crippen LogP contribution in [0.15, 0.2) is 42.5 Å². The zero-order chi connectivity index (χ0) is 14.7. The normalized spacial score (nSPS) is 12.4. The van der Waals surface area contributed by atoms with Crippen LogP contribution in [0.4, 0.5) is 0 Å². The van der Waals surface area contributed by atoms with Gasteiger partial charge in [0.1, 0.15) is 11.5 Å². The number of hydrogen-bond donors (Lipinski definition) is 1. The molecule has 106 valence electrons. The first-order valence-corrected chi connectivity index (χ1v) is 7.00. The lowest BCUT2D eigenvalue weighted by atomic mass is 9.88. The molecule has 0 fully saturated rings. The third kappa shape index (κ3) is 2.96. The Labute approximate surface area is 121 Å². The van der Waals surface area contributed by atoms with Crippen LogP contribution in [-0.2, 0) is 0 Å². The van der Waals surface area contributed by atoms with Gasteiger partial charge in [0.05, 0.1) is 7.11 Å². The van der Waals surface area contributed by atoms with E-state index in [0.717, 1.165) is 16.9 Å². The highest BCUT2D eigenvalue weighted by Gasteiger charge is 2.14. The standard InChI is InChI=1S/C18H22O2/c1-12(2)13(3)14-8-9-18(20-4)17(11-14)15-6-5-7-16(19)10-15/h5-13,19H,1-4H3.